The third-order valence-corrected chi connectivity index (χ3v) is 5.66. The summed E-state index contributed by atoms with van der Waals surface area (Å²) in [5, 5.41) is 7.23. The third-order valence-electron chi connectivity index (χ3n) is 5.66. The minimum Gasteiger partial charge on any atom is -0.338 e. The van der Waals surface area contributed by atoms with Crippen molar-refractivity contribution in [2.45, 2.75) is 40.2 Å². The van der Waals surface area contributed by atoms with Crippen LogP contribution in [0.2, 0.25) is 0 Å². The van der Waals surface area contributed by atoms with Gasteiger partial charge < -0.3 is 9.84 Å². The summed E-state index contributed by atoms with van der Waals surface area (Å²) in [6, 6.07) is 14.2. The fourth-order valence-electron chi connectivity index (χ4n) is 4.09. The first-order chi connectivity index (χ1) is 14.5. The van der Waals surface area contributed by atoms with Crippen LogP contribution in [0.4, 0.5) is 5.69 Å². The van der Waals surface area contributed by atoms with Crippen molar-refractivity contribution in [3.8, 4) is 11.4 Å². The smallest absolute Gasteiger partial charge is 0.241 e. The number of likely N-dealkylation sites (tertiary alicyclic amines) is 1. The molecular weight excluding hydrogens is 376 g/mol. The van der Waals surface area contributed by atoms with E-state index in [0.29, 0.717) is 18.3 Å². The molecule has 0 saturated carbocycles. The Morgan fingerprint density at radius 3 is 2.50 bits per heavy atom. The van der Waals surface area contributed by atoms with Gasteiger partial charge in [-0.15, -0.1) is 0 Å². The molecule has 156 valence electrons. The van der Waals surface area contributed by atoms with Gasteiger partial charge in [-0.1, -0.05) is 35.5 Å². The van der Waals surface area contributed by atoms with Gasteiger partial charge in [-0.2, -0.15) is 4.98 Å². The fourth-order valence-corrected chi connectivity index (χ4v) is 4.09. The fraction of sp³-hybridized carbons (Fsp3) is 0.375. The number of anilines is 1. The zero-order valence-corrected chi connectivity index (χ0v) is 17.8. The molecule has 6 nitrogen and oxygen atoms in total. The summed E-state index contributed by atoms with van der Waals surface area (Å²) in [4.78, 5) is 19.5. The SMILES string of the molecule is Cc1cc(C)cc(NC(=O)C2CCN(Cc3nc(-c4ccccc4C)no3)CC2)c1. The minimum atomic E-state index is 0.0345. The van der Waals surface area contributed by atoms with Crippen LogP contribution in [-0.2, 0) is 11.3 Å². The van der Waals surface area contributed by atoms with Crippen molar-refractivity contribution >= 4 is 11.6 Å². The highest BCUT2D eigenvalue weighted by molar-refractivity contribution is 5.92. The number of nitrogens with one attached hydrogen (secondary N) is 1. The van der Waals surface area contributed by atoms with E-state index in [4.69, 9.17) is 4.52 Å². The van der Waals surface area contributed by atoms with E-state index in [1.807, 2.05) is 57.2 Å². The number of nitrogens with zero attached hydrogens (tertiary/aromatic N) is 3. The Morgan fingerprint density at radius 2 is 1.80 bits per heavy atom. The van der Waals surface area contributed by atoms with E-state index in [0.717, 1.165) is 53.9 Å². The van der Waals surface area contributed by atoms with Crippen LogP contribution in [0.1, 0.15) is 35.4 Å². The number of aromatic nitrogens is 2. The van der Waals surface area contributed by atoms with Crippen molar-refractivity contribution in [3.05, 3.63) is 65.0 Å². The first-order valence-corrected chi connectivity index (χ1v) is 10.5. The number of benzene rings is 2. The van der Waals surface area contributed by atoms with Crippen LogP contribution in [0.3, 0.4) is 0 Å². The number of rotatable bonds is 5. The topological polar surface area (TPSA) is 71.3 Å². The molecule has 2 aromatic carbocycles. The number of carbonyl (C=O) groups is 1. The zero-order valence-electron chi connectivity index (χ0n) is 17.8. The molecule has 1 fully saturated rings. The summed E-state index contributed by atoms with van der Waals surface area (Å²) < 4.78 is 5.47. The predicted molar refractivity (Wildman–Crippen MR) is 117 cm³/mol. The number of hydrogen-bond acceptors (Lipinski definition) is 5. The summed E-state index contributed by atoms with van der Waals surface area (Å²) in [5.41, 5.74) is 5.32. The molecule has 0 radical (unpaired) electrons. The highest BCUT2D eigenvalue weighted by Gasteiger charge is 2.26. The molecule has 3 aromatic rings. The lowest BCUT2D eigenvalue weighted by Crippen LogP contribution is -2.37. The molecule has 30 heavy (non-hydrogen) atoms. The lowest BCUT2D eigenvalue weighted by Gasteiger charge is -2.30. The van der Waals surface area contributed by atoms with E-state index in [-0.39, 0.29) is 11.8 Å². The van der Waals surface area contributed by atoms with Crippen molar-refractivity contribution < 1.29 is 9.32 Å². The largest absolute Gasteiger partial charge is 0.338 e. The van der Waals surface area contributed by atoms with Crippen molar-refractivity contribution in [2.24, 2.45) is 5.92 Å². The molecule has 0 spiro atoms. The Bertz CT molecular complexity index is 1010. The van der Waals surface area contributed by atoms with Crippen molar-refractivity contribution in [3.63, 3.8) is 0 Å². The molecule has 1 aliphatic heterocycles. The maximum atomic E-state index is 12.7. The monoisotopic (exact) mass is 404 g/mol. The van der Waals surface area contributed by atoms with Gasteiger partial charge in [0.25, 0.3) is 0 Å². The molecule has 0 aliphatic carbocycles. The van der Waals surface area contributed by atoms with Crippen LogP contribution in [0.5, 0.6) is 0 Å². The van der Waals surface area contributed by atoms with Gasteiger partial charge in [0.05, 0.1) is 6.54 Å². The number of hydrogen-bond donors (Lipinski definition) is 1. The van der Waals surface area contributed by atoms with Gasteiger partial charge in [0.15, 0.2) is 0 Å². The Labute approximate surface area is 177 Å². The molecule has 1 N–H and O–H groups in total. The second-order valence-corrected chi connectivity index (χ2v) is 8.24. The molecule has 0 unspecified atom stereocenters. The first-order valence-electron chi connectivity index (χ1n) is 10.5. The molecule has 1 aliphatic rings. The standard InChI is InChI=1S/C24H28N4O2/c1-16-12-17(2)14-20(13-16)25-24(29)19-8-10-28(11-9-19)15-22-26-23(27-30-22)21-7-5-4-6-18(21)3/h4-7,12-14,19H,8-11,15H2,1-3H3,(H,25,29). The van der Waals surface area contributed by atoms with E-state index >= 15 is 0 Å². The number of amides is 1. The van der Waals surface area contributed by atoms with Gasteiger partial charge in [-0.05, 0) is 75.5 Å². The van der Waals surface area contributed by atoms with Crippen molar-refractivity contribution in [1.82, 2.24) is 15.0 Å². The highest BCUT2D eigenvalue weighted by Crippen LogP contribution is 2.23. The van der Waals surface area contributed by atoms with Crippen molar-refractivity contribution in [1.29, 1.82) is 0 Å². The van der Waals surface area contributed by atoms with E-state index in [2.05, 4.69) is 26.4 Å². The van der Waals surface area contributed by atoms with Gasteiger partial charge in [0.2, 0.25) is 17.6 Å². The molecule has 0 atom stereocenters. The van der Waals surface area contributed by atoms with Gasteiger partial charge in [-0.25, -0.2) is 0 Å². The second-order valence-electron chi connectivity index (χ2n) is 8.24. The second kappa shape index (κ2) is 8.79. The average molecular weight is 405 g/mol. The lowest BCUT2D eigenvalue weighted by atomic mass is 9.95. The molecular formula is C24H28N4O2. The normalized spacial score (nSPS) is 15.3. The third kappa shape index (κ3) is 4.76. The van der Waals surface area contributed by atoms with Crippen LogP contribution in [-0.4, -0.2) is 34.0 Å². The van der Waals surface area contributed by atoms with E-state index in [9.17, 15) is 4.79 Å². The van der Waals surface area contributed by atoms with E-state index in [1.165, 1.54) is 0 Å². The molecule has 1 saturated heterocycles. The number of piperidine rings is 1. The van der Waals surface area contributed by atoms with Gasteiger partial charge in [0.1, 0.15) is 0 Å². The average Bonchev–Trinajstić information content (AvgIpc) is 3.16. The zero-order chi connectivity index (χ0) is 21.1. The molecule has 0 bridgehead atoms. The number of aryl methyl sites for hydroxylation is 3. The van der Waals surface area contributed by atoms with Crippen LogP contribution >= 0.6 is 0 Å². The molecule has 2 heterocycles. The van der Waals surface area contributed by atoms with Crippen LogP contribution < -0.4 is 5.32 Å². The molecule has 1 amide bonds. The van der Waals surface area contributed by atoms with E-state index < -0.39 is 0 Å². The highest BCUT2D eigenvalue weighted by atomic mass is 16.5. The quantitative estimate of drug-likeness (QED) is 0.677. The maximum Gasteiger partial charge on any atom is 0.241 e. The van der Waals surface area contributed by atoms with Crippen LogP contribution in [0.15, 0.2) is 47.0 Å². The molecule has 1 aromatic heterocycles. The summed E-state index contributed by atoms with van der Waals surface area (Å²) in [5.74, 6) is 1.39. The summed E-state index contributed by atoms with van der Waals surface area (Å²) >= 11 is 0. The summed E-state index contributed by atoms with van der Waals surface area (Å²) in [7, 11) is 0. The van der Waals surface area contributed by atoms with Crippen LogP contribution in [0, 0.1) is 26.7 Å². The first kappa shape index (κ1) is 20.3. The Hall–Kier alpha value is -2.99. The van der Waals surface area contributed by atoms with Gasteiger partial charge in [-0.3, -0.25) is 9.69 Å². The Morgan fingerprint density at radius 1 is 1.10 bits per heavy atom. The Kier molecular flexibility index (Phi) is 5.95. The maximum absolute atomic E-state index is 12.7. The summed E-state index contributed by atoms with van der Waals surface area (Å²) in [6.07, 6.45) is 1.66. The summed E-state index contributed by atoms with van der Waals surface area (Å²) in [6.45, 7) is 8.43. The van der Waals surface area contributed by atoms with Gasteiger partial charge >= 0.3 is 0 Å². The lowest BCUT2D eigenvalue weighted by molar-refractivity contribution is -0.121. The minimum absolute atomic E-state index is 0.0345. The van der Waals surface area contributed by atoms with Crippen LogP contribution in [0.25, 0.3) is 11.4 Å². The van der Waals surface area contributed by atoms with Gasteiger partial charge in [0, 0.05) is 17.2 Å². The Balaban J connectivity index is 1.31. The van der Waals surface area contributed by atoms with Crippen molar-refractivity contribution in [2.75, 3.05) is 18.4 Å². The van der Waals surface area contributed by atoms with E-state index in [1.54, 1.807) is 0 Å². The number of carbonyl (C=O) groups excluding carboxylic acids is 1. The molecule has 6 heteroatoms. The molecule has 4 rings (SSSR count). The predicted octanol–water partition coefficient (Wildman–Crippen LogP) is 4.51.